The SMILES string of the molecule is COCCNC(=O)CN1C(=O)N[C@@](C)(c2ccc(C(C)C)cc2)C1=O. The largest absolute Gasteiger partial charge is 0.383 e. The molecule has 0 unspecified atom stereocenters. The Balaban J connectivity index is 2.12. The van der Waals surface area contributed by atoms with E-state index in [1.165, 1.54) is 7.11 Å². The van der Waals surface area contributed by atoms with Crippen molar-refractivity contribution in [2.45, 2.75) is 32.2 Å². The molecule has 0 aromatic heterocycles. The normalized spacial score (nSPS) is 20.1. The van der Waals surface area contributed by atoms with Crippen LogP contribution in [0.4, 0.5) is 4.79 Å². The van der Waals surface area contributed by atoms with E-state index in [4.69, 9.17) is 4.74 Å². The van der Waals surface area contributed by atoms with Crippen LogP contribution < -0.4 is 10.6 Å². The average Bonchev–Trinajstić information content (AvgIpc) is 2.79. The molecule has 7 heteroatoms. The van der Waals surface area contributed by atoms with E-state index >= 15 is 0 Å². The van der Waals surface area contributed by atoms with Crippen LogP contribution >= 0.6 is 0 Å². The van der Waals surface area contributed by atoms with Gasteiger partial charge < -0.3 is 15.4 Å². The minimum atomic E-state index is -1.17. The molecular formula is C18H25N3O4. The van der Waals surface area contributed by atoms with Gasteiger partial charge in [0.05, 0.1) is 6.61 Å². The highest BCUT2D eigenvalue weighted by atomic mass is 16.5. The van der Waals surface area contributed by atoms with Gasteiger partial charge in [0.2, 0.25) is 5.91 Å². The molecule has 1 aromatic carbocycles. The first-order valence-corrected chi connectivity index (χ1v) is 8.29. The standard InChI is InChI=1S/C18H25N3O4/c1-12(2)13-5-7-14(8-6-13)18(3)16(23)21(17(24)20-18)11-15(22)19-9-10-25-4/h5-8,12H,9-11H2,1-4H3,(H,19,22)(H,20,24)/t18-/m0/s1. The van der Waals surface area contributed by atoms with Gasteiger partial charge in [0.1, 0.15) is 12.1 Å². The molecule has 7 nitrogen and oxygen atoms in total. The fraction of sp³-hybridized carbons (Fsp3) is 0.500. The zero-order valence-corrected chi connectivity index (χ0v) is 15.1. The minimum absolute atomic E-state index is 0.311. The van der Waals surface area contributed by atoms with Gasteiger partial charge >= 0.3 is 6.03 Å². The number of urea groups is 1. The first-order valence-electron chi connectivity index (χ1n) is 8.29. The molecule has 0 bridgehead atoms. The Hall–Kier alpha value is -2.41. The van der Waals surface area contributed by atoms with Crippen LogP contribution in [0.25, 0.3) is 0 Å². The Morgan fingerprint density at radius 2 is 1.92 bits per heavy atom. The minimum Gasteiger partial charge on any atom is -0.383 e. The lowest BCUT2D eigenvalue weighted by Gasteiger charge is -2.22. The van der Waals surface area contributed by atoms with E-state index in [2.05, 4.69) is 24.5 Å². The third-order valence-corrected chi connectivity index (χ3v) is 4.36. The van der Waals surface area contributed by atoms with Gasteiger partial charge in [-0.1, -0.05) is 38.1 Å². The molecule has 1 fully saturated rings. The van der Waals surface area contributed by atoms with Crippen LogP contribution in [0.15, 0.2) is 24.3 Å². The van der Waals surface area contributed by atoms with Crippen LogP contribution in [0.2, 0.25) is 0 Å². The zero-order chi connectivity index (χ0) is 18.6. The number of hydrogen-bond donors (Lipinski definition) is 2. The highest BCUT2D eigenvalue weighted by molar-refractivity contribution is 6.09. The number of nitrogens with one attached hydrogen (secondary N) is 2. The molecule has 25 heavy (non-hydrogen) atoms. The molecule has 136 valence electrons. The number of amides is 4. The quantitative estimate of drug-likeness (QED) is 0.575. The van der Waals surface area contributed by atoms with Gasteiger partial charge in [0, 0.05) is 13.7 Å². The molecule has 1 aliphatic rings. The third-order valence-electron chi connectivity index (χ3n) is 4.36. The predicted molar refractivity (Wildman–Crippen MR) is 93.0 cm³/mol. The Kier molecular flexibility index (Phi) is 5.79. The number of rotatable bonds is 7. The van der Waals surface area contributed by atoms with E-state index in [0.29, 0.717) is 24.6 Å². The van der Waals surface area contributed by atoms with E-state index in [1.54, 1.807) is 6.92 Å². The van der Waals surface area contributed by atoms with Gasteiger partial charge in [-0.25, -0.2) is 4.79 Å². The van der Waals surface area contributed by atoms with Crippen molar-refractivity contribution in [3.63, 3.8) is 0 Å². The maximum absolute atomic E-state index is 12.8. The smallest absolute Gasteiger partial charge is 0.325 e. The summed E-state index contributed by atoms with van der Waals surface area (Å²) in [5, 5.41) is 5.30. The van der Waals surface area contributed by atoms with E-state index < -0.39 is 23.4 Å². The van der Waals surface area contributed by atoms with E-state index in [0.717, 1.165) is 10.5 Å². The van der Waals surface area contributed by atoms with Gasteiger partial charge in [0.15, 0.2) is 0 Å². The van der Waals surface area contributed by atoms with Gasteiger partial charge in [0.25, 0.3) is 5.91 Å². The van der Waals surface area contributed by atoms with Gasteiger partial charge in [-0.05, 0) is 24.0 Å². The number of imide groups is 1. The molecule has 0 aliphatic carbocycles. The van der Waals surface area contributed by atoms with Gasteiger partial charge in [-0.15, -0.1) is 0 Å². The van der Waals surface area contributed by atoms with E-state index in [-0.39, 0.29) is 6.54 Å². The van der Waals surface area contributed by atoms with E-state index in [9.17, 15) is 14.4 Å². The van der Waals surface area contributed by atoms with Crippen molar-refractivity contribution in [3.8, 4) is 0 Å². The number of hydrogen-bond acceptors (Lipinski definition) is 4. The lowest BCUT2D eigenvalue weighted by Crippen LogP contribution is -2.43. The first-order chi connectivity index (χ1) is 11.8. The molecule has 4 amide bonds. The lowest BCUT2D eigenvalue weighted by molar-refractivity contribution is -0.134. The van der Waals surface area contributed by atoms with Crippen molar-refractivity contribution >= 4 is 17.8 Å². The number of nitrogens with zero attached hydrogens (tertiary/aromatic N) is 1. The molecule has 2 N–H and O–H groups in total. The average molecular weight is 347 g/mol. The lowest BCUT2D eigenvalue weighted by atomic mass is 9.90. The Morgan fingerprint density at radius 1 is 1.28 bits per heavy atom. The van der Waals surface area contributed by atoms with Crippen molar-refractivity contribution in [2.75, 3.05) is 26.8 Å². The Bertz CT molecular complexity index is 657. The highest BCUT2D eigenvalue weighted by Crippen LogP contribution is 2.29. The van der Waals surface area contributed by atoms with Crippen LogP contribution in [0.5, 0.6) is 0 Å². The molecule has 2 rings (SSSR count). The second-order valence-electron chi connectivity index (χ2n) is 6.57. The molecule has 0 saturated carbocycles. The Morgan fingerprint density at radius 3 is 2.48 bits per heavy atom. The predicted octanol–water partition coefficient (Wildman–Crippen LogP) is 1.34. The fourth-order valence-electron chi connectivity index (χ4n) is 2.73. The molecule has 1 atom stereocenters. The molecule has 1 heterocycles. The van der Waals surface area contributed by atoms with Crippen molar-refractivity contribution in [1.82, 2.24) is 15.5 Å². The summed E-state index contributed by atoms with van der Waals surface area (Å²) >= 11 is 0. The van der Waals surface area contributed by atoms with Gasteiger partial charge in [-0.3, -0.25) is 14.5 Å². The van der Waals surface area contributed by atoms with Crippen molar-refractivity contribution in [1.29, 1.82) is 0 Å². The van der Waals surface area contributed by atoms with Gasteiger partial charge in [-0.2, -0.15) is 0 Å². The van der Waals surface area contributed by atoms with Crippen molar-refractivity contribution in [3.05, 3.63) is 35.4 Å². The zero-order valence-electron chi connectivity index (χ0n) is 15.1. The second-order valence-corrected chi connectivity index (χ2v) is 6.57. The maximum atomic E-state index is 12.8. The molecule has 1 saturated heterocycles. The summed E-state index contributed by atoms with van der Waals surface area (Å²) < 4.78 is 4.85. The van der Waals surface area contributed by atoms with Crippen LogP contribution in [0.1, 0.15) is 37.8 Å². The molecule has 1 aromatic rings. The van der Waals surface area contributed by atoms with Crippen molar-refractivity contribution < 1.29 is 19.1 Å². The number of methoxy groups -OCH3 is 1. The molecule has 0 radical (unpaired) electrons. The third kappa shape index (κ3) is 3.99. The number of benzene rings is 1. The summed E-state index contributed by atoms with van der Waals surface area (Å²) in [6.07, 6.45) is 0. The first kappa shape index (κ1) is 18.9. The maximum Gasteiger partial charge on any atom is 0.325 e. The summed E-state index contributed by atoms with van der Waals surface area (Å²) in [5.41, 5.74) is 0.676. The number of carbonyl (C=O) groups excluding carboxylic acids is 3. The monoisotopic (exact) mass is 347 g/mol. The van der Waals surface area contributed by atoms with Crippen molar-refractivity contribution in [2.24, 2.45) is 0 Å². The summed E-state index contributed by atoms with van der Waals surface area (Å²) in [5.74, 6) is -0.459. The molecule has 1 aliphatic heterocycles. The Labute approximate surface area is 147 Å². The van der Waals surface area contributed by atoms with Crippen LogP contribution in [0, 0.1) is 0 Å². The second kappa shape index (κ2) is 7.65. The number of ether oxygens (including phenoxy) is 1. The van der Waals surface area contributed by atoms with E-state index in [1.807, 2.05) is 24.3 Å². The van der Waals surface area contributed by atoms with Crippen LogP contribution in [0.3, 0.4) is 0 Å². The summed E-state index contributed by atoms with van der Waals surface area (Å²) in [6.45, 7) is 6.21. The summed E-state index contributed by atoms with van der Waals surface area (Å²) in [4.78, 5) is 37.8. The topological polar surface area (TPSA) is 87.7 Å². The summed E-state index contributed by atoms with van der Waals surface area (Å²) in [7, 11) is 1.53. The summed E-state index contributed by atoms with van der Waals surface area (Å²) in [6, 6.07) is 7.02. The van der Waals surface area contributed by atoms with Crippen LogP contribution in [-0.2, 0) is 19.9 Å². The van der Waals surface area contributed by atoms with Crippen LogP contribution in [-0.4, -0.2) is 49.6 Å². The molecular weight excluding hydrogens is 322 g/mol. The molecule has 0 spiro atoms. The highest BCUT2D eigenvalue weighted by Gasteiger charge is 2.49. The number of carbonyl (C=O) groups is 3. The fourth-order valence-corrected chi connectivity index (χ4v) is 2.73.